The molecular formula is C27H20BrCl3F3NO. The average molecular weight is 618 g/mol. The average Bonchev–Trinajstić information content (AvgIpc) is 3.57. The van der Waals surface area contributed by atoms with Crippen LogP contribution in [0.5, 0.6) is 0 Å². The van der Waals surface area contributed by atoms with Crippen molar-refractivity contribution in [3.63, 3.8) is 0 Å². The molecule has 0 amide bonds. The molecule has 4 rings (SSSR count). The van der Waals surface area contributed by atoms with Gasteiger partial charge in [-0.1, -0.05) is 75.0 Å². The largest absolute Gasteiger partial charge is 0.399 e. The van der Waals surface area contributed by atoms with Gasteiger partial charge in [-0.2, -0.15) is 13.2 Å². The molecule has 188 valence electrons. The zero-order valence-corrected chi connectivity index (χ0v) is 22.8. The Kier molecular flexibility index (Phi) is 7.92. The van der Waals surface area contributed by atoms with Gasteiger partial charge >= 0.3 is 6.18 Å². The van der Waals surface area contributed by atoms with Crippen molar-refractivity contribution < 1.29 is 18.0 Å². The minimum absolute atomic E-state index is 0.00259. The number of ketones is 1. The van der Waals surface area contributed by atoms with Crippen LogP contribution < -0.4 is 0 Å². The SMILES string of the molecule is Cc1ccc(C2(CC(=O)c3ccc(/C=C/C(c4cc(Cl)c(Cl)c(Cl)c4)C(F)(F)F)cc3Br)CC2)cn1. The predicted octanol–water partition coefficient (Wildman–Crippen LogP) is 9.78. The van der Waals surface area contributed by atoms with Gasteiger partial charge in [-0.25, -0.2) is 0 Å². The molecule has 36 heavy (non-hydrogen) atoms. The number of nitrogens with zero attached hydrogens (tertiary/aromatic N) is 1. The van der Waals surface area contributed by atoms with E-state index in [1.54, 1.807) is 18.2 Å². The normalized spacial score (nSPS) is 15.8. The van der Waals surface area contributed by atoms with Crippen molar-refractivity contribution in [1.29, 1.82) is 0 Å². The number of carbonyl (C=O) groups is 1. The van der Waals surface area contributed by atoms with Crippen molar-refractivity contribution in [1.82, 2.24) is 4.98 Å². The molecule has 1 aromatic heterocycles. The van der Waals surface area contributed by atoms with Gasteiger partial charge in [0.15, 0.2) is 5.78 Å². The summed E-state index contributed by atoms with van der Waals surface area (Å²) < 4.78 is 42.0. The summed E-state index contributed by atoms with van der Waals surface area (Å²) in [5, 5.41) is -0.104. The number of allylic oxidation sites excluding steroid dienone is 1. The van der Waals surface area contributed by atoms with E-state index in [9.17, 15) is 18.0 Å². The molecular weight excluding hydrogens is 598 g/mol. The van der Waals surface area contributed by atoms with Gasteiger partial charge in [0, 0.05) is 33.8 Å². The lowest BCUT2D eigenvalue weighted by atomic mass is 9.89. The van der Waals surface area contributed by atoms with E-state index in [0.29, 0.717) is 22.0 Å². The number of Topliss-reactive ketones (excluding diaryl/α,β-unsaturated/α-hetero) is 1. The fourth-order valence-electron chi connectivity index (χ4n) is 4.13. The molecule has 1 aliphatic rings. The van der Waals surface area contributed by atoms with Crippen LogP contribution in [0.25, 0.3) is 6.08 Å². The summed E-state index contributed by atoms with van der Waals surface area (Å²) in [5.74, 6) is -1.98. The van der Waals surface area contributed by atoms with Crippen molar-refractivity contribution >= 4 is 62.6 Å². The number of hydrogen-bond acceptors (Lipinski definition) is 2. The Morgan fingerprint density at radius 1 is 1.11 bits per heavy atom. The number of rotatable bonds is 7. The van der Waals surface area contributed by atoms with Gasteiger partial charge in [0.2, 0.25) is 0 Å². The number of carbonyl (C=O) groups excluding carboxylic acids is 1. The smallest absolute Gasteiger partial charge is 0.294 e. The number of alkyl halides is 3. The molecule has 9 heteroatoms. The zero-order chi connectivity index (χ0) is 26.3. The number of benzene rings is 2. The van der Waals surface area contributed by atoms with Crippen LogP contribution in [-0.2, 0) is 5.41 Å². The Bertz CT molecular complexity index is 1310. The van der Waals surface area contributed by atoms with E-state index < -0.39 is 12.1 Å². The first-order valence-electron chi connectivity index (χ1n) is 11.0. The fraction of sp³-hybridized carbons (Fsp3) is 0.259. The van der Waals surface area contributed by atoms with E-state index in [0.717, 1.165) is 42.3 Å². The summed E-state index contributed by atoms with van der Waals surface area (Å²) in [7, 11) is 0. The predicted molar refractivity (Wildman–Crippen MR) is 142 cm³/mol. The van der Waals surface area contributed by atoms with Crippen LogP contribution in [0.15, 0.2) is 59.2 Å². The first kappa shape index (κ1) is 27.2. The highest BCUT2D eigenvalue weighted by atomic mass is 79.9. The van der Waals surface area contributed by atoms with Gasteiger partial charge in [0.05, 0.1) is 21.0 Å². The third-order valence-electron chi connectivity index (χ3n) is 6.37. The van der Waals surface area contributed by atoms with Crippen LogP contribution in [-0.4, -0.2) is 16.9 Å². The number of halogens is 7. The van der Waals surface area contributed by atoms with Crippen molar-refractivity contribution in [2.24, 2.45) is 0 Å². The van der Waals surface area contributed by atoms with Crippen LogP contribution >= 0.6 is 50.7 Å². The summed E-state index contributed by atoms with van der Waals surface area (Å²) in [5.41, 5.74) is 2.64. The number of pyridine rings is 1. The monoisotopic (exact) mass is 615 g/mol. The van der Waals surface area contributed by atoms with E-state index in [1.807, 2.05) is 25.3 Å². The molecule has 0 aliphatic heterocycles. The van der Waals surface area contributed by atoms with E-state index in [-0.39, 0.29) is 31.8 Å². The zero-order valence-electron chi connectivity index (χ0n) is 19.0. The Morgan fingerprint density at radius 2 is 1.78 bits per heavy atom. The third-order valence-corrected chi connectivity index (χ3v) is 8.22. The van der Waals surface area contributed by atoms with Gasteiger partial charge in [-0.05, 0) is 66.8 Å². The molecule has 3 aromatic rings. The third kappa shape index (κ3) is 5.99. The van der Waals surface area contributed by atoms with Gasteiger partial charge in [-0.15, -0.1) is 0 Å². The molecule has 1 heterocycles. The first-order chi connectivity index (χ1) is 16.9. The molecule has 1 aliphatic carbocycles. The molecule has 1 atom stereocenters. The Labute approximate surface area is 230 Å². The van der Waals surface area contributed by atoms with Crippen molar-refractivity contribution in [3.05, 3.63) is 102 Å². The maximum Gasteiger partial charge on any atom is 0.399 e. The van der Waals surface area contributed by atoms with Gasteiger partial charge in [0.25, 0.3) is 0 Å². The molecule has 0 saturated heterocycles. The van der Waals surface area contributed by atoms with Crippen LogP contribution in [0, 0.1) is 6.92 Å². The van der Waals surface area contributed by atoms with Crippen molar-refractivity contribution in [2.45, 2.75) is 43.7 Å². The molecule has 1 fully saturated rings. The highest BCUT2D eigenvalue weighted by Gasteiger charge is 2.46. The lowest BCUT2D eigenvalue weighted by molar-refractivity contribution is -0.139. The number of aromatic nitrogens is 1. The summed E-state index contributed by atoms with van der Waals surface area (Å²) in [6, 6.07) is 11.2. The van der Waals surface area contributed by atoms with Crippen LogP contribution in [0.1, 0.15) is 57.9 Å². The minimum atomic E-state index is -4.58. The maximum atomic E-state index is 13.8. The van der Waals surface area contributed by atoms with Crippen LogP contribution in [0.3, 0.4) is 0 Å². The number of hydrogen-bond donors (Lipinski definition) is 0. The van der Waals surface area contributed by atoms with E-state index in [1.165, 1.54) is 6.08 Å². The highest BCUT2D eigenvalue weighted by Crippen LogP contribution is 2.51. The second kappa shape index (κ2) is 10.5. The van der Waals surface area contributed by atoms with E-state index in [2.05, 4.69) is 20.9 Å². The molecule has 0 spiro atoms. The molecule has 1 saturated carbocycles. The molecule has 1 unspecified atom stereocenters. The molecule has 2 nitrogen and oxygen atoms in total. The highest BCUT2D eigenvalue weighted by molar-refractivity contribution is 9.10. The Hall–Kier alpha value is -1.86. The van der Waals surface area contributed by atoms with Crippen molar-refractivity contribution in [3.8, 4) is 0 Å². The Morgan fingerprint density at radius 3 is 2.31 bits per heavy atom. The second-order valence-corrected chi connectivity index (χ2v) is 11.0. The summed E-state index contributed by atoms with van der Waals surface area (Å²) in [6.45, 7) is 1.91. The molecule has 0 radical (unpaired) electrons. The van der Waals surface area contributed by atoms with Crippen LogP contribution in [0.2, 0.25) is 15.1 Å². The summed E-state index contributed by atoms with van der Waals surface area (Å²) in [4.78, 5) is 17.4. The Balaban J connectivity index is 1.54. The molecule has 2 aromatic carbocycles. The topological polar surface area (TPSA) is 30.0 Å². The van der Waals surface area contributed by atoms with E-state index in [4.69, 9.17) is 34.8 Å². The van der Waals surface area contributed by atoms with Gasteiger partial charge in [-0.3, -0.25) is 9.78 Å². The lowest BCUT2D eigenvalue weighted by Crippen LogP contribution is -2.19. The standard InChI is InChI=1S/C27H20BrCl3F3NO/c1-15-2-5-18(14-35-15)26(8-9-26)13-24(36)19-6-3-16(10-21(19)28)4-7-20(27(32,33)34)17-11-22(29)25(31)23(30)12-17/h2-7,10-12,14,20H,8-9,13H2,1H3/b7-4+. The second-order valence-electron chi connectivity index (χ2n) is 8.98. The van der Waals surface area contributed by atoms with E-state index >= 15 is 0 Å². The summed E-state index contributed by atoms with van der Waals surface area (Å²) >= 11 is 21.2. The lowest BCUT2D eigenvalue weighted by Gasteiger charge is -2.18. The molecule has 0 bridgehead atoms. The van der Waals surface area contributed by atoms with Gasteiger partial charge in [0.1, 0.15) is 0 Å². The minimum Gasteiger partial charge on any atom is -0.294 e. The van der Waals surface area contributed by atoms with Crippen LogP contribution in [0.4, 0.5) is 13.2 Å². The van der Waals surface area contributed by atoms with Gasteiger partial charge < -0.3 is 0 Å². The fourth-order valence-corrected chi connectivity index (χ4v) is 5.37. The maximum absolute atomic E-state index is 13.8. The van der Waals surface area contributed by atoms with Crippen molar-refractivity contribution in [2.75, 3.05) is 0 Å². The number of aryl methyl sites for hydroxylation is 1. The molecule has 0 N–H and O–H groups in total. The summed E-state index contributed by atoms with van der Waals surface area (Å²) in [6.07, 6.45) is 1.82. The quantitative estimate of drug-likeness (QED) is 0.195. The first-order valence-corrected chi connectivity index (χ1v) is 13.0.